The van der Waals surface area contributed by atoms with Gasteiger partial charge >= 0.3 is 0 Å². The largest absolute Gasteiger partial charge is 0.382 e. The number of hydrogen-bond donors (Lipinski definition) is 1. The smallest absolute Gasteiger partial charge is 0.0375 e. The summed E-state index contributed by atoms with van der Waals surface area (Å²) in [4.78, 5) is 2.59. The first-order valence-electron chi connectivity index (χ1n) is 7.83. The fourth-order valence-electron chi connectivity index (χ4n) is 3.01. The molecule has 2 rings (SSSR count). The van der Waals surface area contributed by atoms with Gasteiger partial charge in [0.1, 0.15) is 0 Å². The minimum absolute atomic E-state index is 0.599. The van der Waals surface area contributed by atoms with Crippen molar-refractivity contribution in [2.45, 2.75) is 52.5 Å². The van der Waals surface area contributed by atoms with Gasteiger partial charge in [0.25, 0.3) is 0 Å². The Labute approximate surface area is 118 Å². The maximum Gasteiger partial charge on any atom is 0.0375 e. The van der Waals surface area contributed by atoms with Gasteiger partial charge in [-0.15, -0.1) is 0 Å². The molecule has 2 heteroatoms. The van der Waals surface area contributed by atoms with Gasteiger partial charge in [0.05, 0.1) is 0 Å². The lowest BCUT2D eigenvalue weighted by atomic mass is 10.0. The molecule has 2 nitrogen and oxygen atoms in total. The molecule has 1 atom stereocenters. The van der Waals surface area contributed by atoms with E-state index < -0.39 is 0 Å². The van der Waals surface area contributed by atoms with Gasteiger partial charge in [0, 0.05) is 18.3 Å². The molecule has 1 heterocycles. The van der Waals surface area contributed by atoms with E-state index in [1.165, 1.54) is 62.1 Å². The van der Waals surface area contributed by atoms with Crippen LogP contribution in [0.3, 0.4) is 0 Å². The van der Waals surface area contributed by atoms with E-state index in [-0.39, 0.29) is 0 Å². The summed E-state index contributed by atoms with van der Waals surface area (Å²) in [6.07, 6.45) is 4.87. The Morgan fingerprint density at radius 2 is 1.89 bits per heavy atom. The number of anilines is 1. The molecule has 1 aliphatic rings. The number of benzene rings is 1. The van der Waals surface area contributed by atoms with Crippen LogP contribution >= 0.6 is 0 Å². The number of hydrogen-bond acceptors (Lipinski definition) is 2. The highest BCUT2D eigenvalue weighted by Crippen LogP contribution is 2.26. The van der Waals surface area contributed by atoms with E-state index in [0.717, 1.165) is 0 Å². The van der Waals surface area contributed by atoms with Crippen molar-refractivity contribution in [3.05, 3.63) is 29.3 Å². The lowest BCUT2D eigenvalue weighted by Crippen LogP contribution is -2.27. The minimum Gasteiger partial charge on any atom is -0.382 e. The van der Waals surface area contributed by atoms with E-state index in [9.17, 15) is 0 Å². The number of nitrogens with one attached hydrogen (secondary N) is 1. The number of nitrogens with zero attached hydrogens (tertiary/aromatic N) is 1. The highest BCUT2D eigenvalue weighted by atomic mass is 15.1. The van der Waals surface area contributed by atoms with Crippen molar-refractivity contribution in [2.24, 2.45) is 0 Å². The van der Waals surface area contributed by atoms with Gasteiger partial charge in [0.15, 0.2) is 0 Å². The fourth-order valence-corrected chi connectivity index (χ4v) is 3.01. The molecule has 1 aromatic carbocycles. The van der Waals surface area contributed by atoms with Gasteiger partial charge in [-0.05, 0) is 62.9 Å². The standard InChI is InChI=1S/C17H28N2/c1-4-9-19(10-5-2)11-8-15-6-7-17-16(13-15)12-14(3)18-17/h6-7,13-14,18H,4-5,8-12H2,1-3H3. The van der Waals surface area contributed by atoms with Crippen LogP contribution in [0.2, 0.25) is 0 Å². The molecule has 1 N–H and O–H groups in total. The van der Waals surface area contributed by atoms with Gasteiger partial charge in [0.2, 0.25) is 0 Å². The Balaban J connectivity index is 1.91. The lowest BCUT2D eigenvalue weighted by molar-refractivity contribution is 0.278. The maximum atomic E-state index is 3.52. The van der Waals surface area contributed by atoms with E-state index in [4.69, 9.17) is 0 Å². The highest BCUT2D eigenvalue weighted by molar-refractivity contribution is 5.57. The van der Waals surface area contributed by atoms with E-state index in [1.54, 1.807) is 0 Å². The Morgan fingerprint density at radius 1 is 1.16 bits per heavy atom. The van der Waals surface area contributed by atoms with Crippen LogP contribution in [0, 0.1) is 0 Å². The summed E-state index contributed by atoms with van der Waals surface area (Å²) < 4.78 is 0. The monoisotopic (exact) mass is 260 g/mol. The van der Waals surface area contributed by atoms with Crippen molar-refractivity contribution in [2.75, 3.05) is 25.0 Å². The van der Waals surface area contributed by atoms with Gasteiger partial charge in [-0.25, -0.2) is 0 Å². The van der Waals surface area contributed by atoms with Crippen LogP contribution in [0.5, 0.6) is 0 Å². The summed E-state index contributed by atoms with van der Waals surface area (Å²) >= 11 is 0. The molecular weight excluding hydrogens is 232 g/mol. The third kappa shape index (κ3) is 3.97. The SMILES string of the molecule is CCCN(CCC)CCc1ccc2c(c1)CC(C)N2. The molecule has 1 aromatic rings. The van der Waals surface area contributed by atoms with Gasteiger partial charge in [-0.2, -0.15) is 0 Å². The zero-order chi connectivity index (χ0) is 13.7. The van der Waals surface area contributed by atoms with Crippen LogP contribution in [0.15, 0.2) is 18.2 Å². The molecule has 0 fully saturated rings. The fraction of sp³-hybridized carbons (Fsp3) is 0.647. The van der Waals surface area contributed by atoms with E-state index in [0.29, 0.717) is 6.04 Å². The Kier molecular flexibility index (Phi) is 5.26. The summed E-state index contributed by atoms with van der Waals surface area (Å²) in [5.41, 5.74) is 4.34. The van der Waals surface area contributed by atoms with Crippen molar-refractivity contribution in [3.8, 4) is 0 Å². The number of rotatable bonds is 7. The molecule has 106 valence electrons. The second kappa shape index (κ2) is 6.95. The quantitative estimate of drug-likeness (QED) is 0.804. The molecule has 0 aliphatic carbocycles. The first-order chi connectivity index (χ1) is 9.22. The third-order valence-corrected chi connectivity index (χ3v) is 3.89. The van der Waals surface area contributed by atoms with Crippen LogP contribution in [-0.2, 0) is 12.8 Å². The van der Waals surface area contributed by atoms with Gasteiger partial charge < -0.3 is 10.2 Å². The van der Waals surface area contributed by atoms with Crippen LogP contribution < -0.4 is 5.32 Å². The van der Waals surface area contributed by atoms with Crippen molar-refractivity contribution in [1.82, 2.24) is 4.90 Å². The molecule has 1 aliphatic heterocycles. The predicted octanol–water partition coefficient (Wildman–Crippen LogP) is 3.71. The predicted molar refractivity (Wildman–Crippen MR) is 84.0 cm³/mol. The highest BCUT2D eigenvalue weighted by Gasteiger charge is 2.16. The summed E-state index contributed by atoms with van der Waals surface area (Å²) in [6, 6.07) is 7.56. The molecule has 19 heavy (non-hydrogen) atoms. The molecule has 0 saturated heterocycles. The van der Waals surface area contributed by atoms with Crippen LogP contribution in [-0.4, -0.2) is 30.6 Å². The molecule has 0 spiro atoms. The summed E-state index contributed by atoms with van der Waals surface area (Å²) in [5, 5.41) is 3.52. The molecule has 0 radical (unpaired) electrons. The molecule has 0 bridgehead atoms. The van der Waals surface area contributed by atoms with E-state index in [2.05, 4.69) is 49.2 Å². The van der Waals surface area contributed by atoms with Gasteiger partial charge in [-0.3, -0.25) is 0 Å². The Morgan fingerprint density at radius 3 is 2.58 bits per heavy atom. The molecule has 1 unspecified atom stereocenters. The summed E-state index contributed by atoms with van der Waals surface area (Å²) in [6.45, 7) is 10.5. The molecule has 0 saturated carbocycles. The zero-order valence-corrected chi connectivity index (χ0v) is 12.7. The molecular formula is C17H28N2. The van der Waals surface area contributed by atoms with Crippen molar-refractivity contribution in [3.63, 3.8) is 0 Å². The Hall–Kier alpha value is -1.02. The number of fused-ring (bicyclic) bond motifs is 1. The summed E-state index contributed by atoms with van der Waals surface area (Å²) in [7, 11) is 0. The van der Waals surface area contributed by atoms with E-state index >= 15 is 0 Å². The van der Waals surface area contributed by atoms with Crippen LogP contribution in [0.4, 0.5) is 5.69 Å². The van der Waals surface area contributed by atoms with Gasteiger partial charge in [-0.1, -0.05) is 26.0 Å². The Bertz CT molecular complexity index is 394. The summed E-state index contributed by atoms with van der Waals surface area (Å²) in [5.74, 6) is 0. The van der Waals surface area contributed by atoms with Crippen molar-refractivity contribution in [1.29, 1.82) is 0 Å². The zero-order valence-electron chi connectivity index (χ0n) is 12.7. The first kappa shape index (κ1) is 14.4. The normalized spacial score (nSPS) is 17.6. The van der Waals surface area contributed by atoms with Crippen molar-refractivity contribution >= 4 is 5.69 Å². The minimum atomic E-state index is 0.599. The van der Waals surface area contributed by atoms with Crippen molar-refractivity contribution < 1.29 is 0 Å². The lowest BCUT2D eigenvalue weighted by Gasteiger charge is -2.20. The average Bonchev–Trinajstić information content (AvgIpc) is 2.75. The molecule has 0 aromatic heterocycles. The average molecular weight is 260 g/mol. The second-order valence-electron chi connectivity index (χ2n) is 5.83. The third-order valence-electron chi connectivity index (χ3n) is 3.89. The van der Waals surface area contributed by atoms with Crippen LogP contribution in [0.25, 0.3) is 0 Å². The topological polar surface area (TPSA) is 15.3 Å². The first-order valence-corrected chi connectivity index (χ1v) is 7.83. The maximum absolute atomic E-state index is 3.52. The molecule has 0 amide bonds. The van der Waals surface area contributed by atoms with E-state index in [1.807, 2.05) is 0 Å². The second-order valence-corrected chi connectivity index (χ2v) is 5.83. The van der Waals surface area contributed by atoms with Crippen LogP contribution in [0.1, 0.15) is 44.7 Å².